The van der Waals surface area contributed by atoms with E-state index in [0.717, 1.165) is 11.0 Å². The smallest absolute Gasteiger partial charge is 0.357 e. The van der Waals surface area contributed by atoms with Gasteiger partial charge in [-0.2, -0.15) is 13.2 Å². The normalized spacial score (nSPS) is 12.3. The molecule has 0 saturated carbocycles. The molecule has 46 heavy (non-hydrogen) atoms. The minimum atomic E-state index is -4.84. The summed E-state index contributed by atoms with van der Waals surface area (Å²) in [5.74, 6) is -1.46. The second-order valence-electron chi connectivity index (χ2n) is 10.1. The number of nitrogens with zero attached hydrogens (tertiary/aromatic N) is 2. The van der Waals surface area contributed by atoms with Crippen molar-refractivity contribution in [3.8, 4) is 0 Å². The highest BCUT2D eigenvalue weighted by molar-refractivity contribution is 7.92. The number of nitrogens with one attached hydrogen (secondary N) is 1. The van der Waals surface area contributed by atoms with Crippen LogP contribution in [0.1, 0.15) is 16.7 Å². The molecular weight excluding hydrogens is 686 g/mol. The minimum Gasteiger partial charge on any atom is -0.357 e. The number of likely N-dealkylation sites (N-methyl/N-ethyl adjacent to an activating group) is 1. The number of carbonyl (C=O) groups excluding carboxylic acids is 2. The van der Waals surface area contributed by atoms with Crippen LogP contribution in [0.25, 0.3) is 0 Å². The second kappa shape index (κ2) is 14.8. The first-order chi connectivity index (χ1) is 21.7. The number of benzene rings is 4. The van der Waals surface area contributed by atoms with E-state index in [-0.39, 0.29) is 32.9 Å². The average Bonchev–Trinajstić information content (AvgIpc) is 3.03. The van der Waals surface area contributed by atoms with Crippen molar-refractivity contribution < 1.29 is 31.2 Å². The van der Waals surface area contributed by atoms with E-state index in [4.69, 9.17) is 34.8 Å². The Morgan fingerprint density at radius 1 is 0.804 bits per heavy atom. The first kappa shape index (κ1) is 35.1. The van der Waals surface area contributed by atoms with Crippen LogP contribution in [-0.4, -0.2) is 44.8 Å². The zero-order valence-corrected chi connectivity index (χ0v) is 27.2. The monoisotopic (exact) mass is 711 g/mol. The fourth-order valence-electron chi connectivity index (χ4n) is 4.67. The Hall–Kier alpha value is -3.77. The van der Waals surface area contributed by atoms with E-state index >= 15 is 0 Å². The summed E-state index contributed by atoms with van der Waals surface area (Å²) in [6.45, 7) is -1.22. The Labute approximate surface area is 279 Å². The SMILES string of the molecule is CNC(=O)C(Cc1ccccc1)N(Cc1ccc(Cl)c(Cl)c1)C(=O)CN(c1cc(C(F)(F)F)ccc1Cl)S(=O)(=O)c1ccccc1. The Kier molecular flexibility index (Phi) is 11.3. The molecule has 0 aliphatic rings. The van der Waals surface area contributed by atoms with Crippen molar-refractivity contribution in [1.29, 1.82) is 0 Å². The van der Waals surface area contributed by atoms with Gasteiger partial charge in [-0.15, -0.1) is 0 Å². The predicted octanol–water partition coefficient (Wildman–Crippen LogP) is 7.25. The fourth-order valence-corrected chi connectivity index (χ4v) is 6.70. The summed E-state index contributed by atoms with van der Waals surface area (Å²) in [7, 11) is -3.28. The molecular formula is C32H27Cl3F3N3O4S. The maximum absolute atomic E-state index is 14.3. The molecule has 0 fully saturated rings. The van der Waals surface area contributed by atoms with Gasteiger partial charge in [-0.05, 0) is 53.6 Å². The molecule has 0 radical (unpaired) electrons. The molecule has 0 aliphatic carbocycles. The van der Waals surface area contributed by atoms with Crippen LogP contribution >= 0.6 is 34.8 Å². The molecule has 0 bridgehead atoms. The van der Waals surface area contributed by atoms with Gasteiger partial charge >= 0.3 is 6.18 Å². The number of halogens is 6. The van der Waals surface area contributed by atoms with Crippen molar-refractivity contribution in [2.45, 2.75) is 30.1 Å². The first-order valence-corrected chi connectivity index (χ1v) is 16.2. The molecule has 1 atom stereocenters. The molecule has 0 aromatic heterocycles. The topological polar surface area (TPSA) is 86.8 Å². The summed E-state index contributed by atoms with van der Waals surface area (Å²) in [6, 6.07) is 21.3. The molecule has 7 nitrogen and oxygen atoms in total. The summed E-state index contributed by atoms with van der Waals surface area (Å²) in [4.78, 5) is 28.5. The van der Waals surface area contributed by atoms with Gasteiger partial charge in [-0.25, -0.2) is 8.42 Å². The molecule has 0 heterocycles. The molecule has 4 aromatic rings. The van der Waals surface area contributed by atoms with E-state index in [1.807, 2.05) is 0 Å². The number of amides is 2. The summed E-state index contributed by atoms with van der Waals surface area (Å²) in [6.07, 6.45) is -4.81. The van der Waals surface area contributed by atoms with Gasteiger partial charge in [0.1, 0.15) is 12.6 Å². The van der Waals surface area contributed by atoms with Gasteiger partial charge in [0.05, 0.1) is 31.2 Å². The number of alkyl halides is 3. The molecule has 0 aliphatic heterocycles. The molecule has 2 amide bonds. The Balaban J connectivity index is 1.86. The largest absolute Gasteiger partial charge is 0.416 e. The third-order valence-corrected chi connectivity index (χ3v) is 9.84. The van der Waals surface area contributed by atoms with Gasteiger partial charge in [0.25, 0.3) is 10.0 Å². The highest BCUT2D eigenvalue weighted by atomic mass is 35.5. The van der Waals surface area contributed by atoms with E-state index in [1.54, 1.807) is 42.5 Å². The average molecular weight is 713 g/mol. The first-order valence-electron chi connectivity index (χ1n) is 13.7. The second-order valence-corrected chi connectivity index (χ2v) is 13.2. The van der Waals surface area contributed by atoms with Crippen LogP contribution in [-0.2, 0) is 38.8 Å². The van der Waals surface area contributed by atoms with Crippen LogP contribution in [0.2, 0.25) is 15.1 Å². The lowest BCUT2D eigenvalue weighted by Crippen LogP contribution is -2.53. The highest BCUT2D eigenvalue weighted by Crippen LogP contribution is 2.37. The van der Waals surface area contributed by atoms with Gasteiger partial charge in [0.2, 0.25) is 11.8 Å². The molecule has 4 rings (SSSR count). The highest BCUT2D eigenvalue weighted by Gasteiger charge is 2.37. The third kappa shape index (κ3) is 8.33. The molecule has 1 N–H and O–H groups in total. The summed E-state index contributed by atoms with van der Waals surface area (Å²) >= 11 is 18.6. The molecule has 14 heteroatoms. The summed E-state index contributed by atoms with van der Waals surface area (Å²) < 4.78 is 69.8. The van der Waals surface area contributed by atoms with E-state index in [1.165, 1.54) is 43.4 Å². The van der Waals surface area contributed by atoms with E-state index < -0.39 is 51.9 Å². The van der Waals surface area contributed by atoms with Crippen LogP contribution in [0.3, 0.4) is 0 Å². The number of hydrogen-bond acceptors (Lipinski definition) is 4. The van der Waals surface area contributed by atoms with Crippen molar-refractivity contribution in [1.82, 2.24) is 10.2 Å². The van der Waals surface area contributed by atoms with Crippen molar-refractivity contribution in [2.75, 3.05) is 17.9 Å². The number of sulfonamides is 1. The number of anilines is 1. The van der Waals surface area contributed by atoms with E-state index in [9.17, 15) is 31.2 Å². The van der Waals surface area contributed by atoms with Crippen LogP contribution in [0.15, 0.2) is 102 Å². The van der Waals surface area contributed by atoms with Gasteiger partial charge < -0.3 is 10.2 Å². The Morgan fingerprint density at radius 2 is 1.41 bits per heavy atom. The maximum atomic E-state index is 14.3. The van der Waals surface area contributed by atoms with Crippen molar-refractivity contribution in [3.63, 3.8) is 0 Å². The zero-order valence-electron chi connectivity index (χ0n) is 24.1. The number of rotatable bonds is 11. The van der Waals surface area contributed by atoms with Gasteiger partial charge in [-0.1, -0.05) is 89.4 Å². The molecule has 1 unspecified atom stereocenters. The quantitative estimate of drug-likeness (QED) is 0.178. The Bertz CT molecular complexity index is 1810. The number of carbonyl (C=O) groups is 2. The summed E-state index contributed by atoms with van der Waals surface area (Å²) in [5, 5.41) is 2.62. The molecule has 0 spiro atoms. The maximum Gasteiger partial charge on any atom is 0.416 e. The van der Waals surface area contributed by atoms with E-state index in [2.05, 4.69) is 5.32 Å². The van der Waals surface area contributed by atoms with Crippen LogP contribution < -0.4 is 9.62 Å². The molecule has 4 aromatic carbocycles. The lowest BCUT2D eigenvalue weighted by Gasteiger charge is -2.34. The standard InChI is InChI=1S/C32H27Cl3F3N3O4S/c1-39-31(43)29(17-21-8-4-2-5-9-21)40(19-22-12-14-25(33)27(35)16-22)30(42)20-41(46(44,45)24-10-6-3-7-11-24)28-18-23(32(36,37)38)13-15-26(28)34/h2-16,18,29H,17,19-20H2,1H3,(H,39,43). The fraction of sp³-hybridized carbons (Fsp3) is 0.188. The number of hydrogen-bond donors (Lipinski definition) is 1. The van der Waals surface area contributed by atoms with Gasteiger partial charge in [0.15, 0.2) is 0 Å². The van der Waals surface area contributed by atoms with Crippen LogP contribution in [0, 0.1) is 0 Å². The van der Waals surface area contributed by atoms with Gasteiger partial charge in [-0.3, -0.25) is 13.9 Å². The van der Waals surface area contributed by atoms with Crippen molar-refractivity contribution in [3.05, 3.63) is 129 Å². The van der Waals surface area contributed by atoms with Crippen LogP contribution in [0.4, 0.5) is 18.9 Å². The van der Waals surface area contributed by atoms with Crippen molar-refractivity contribution in [2.24, 2.45) is 0 Å². The lowest BCUT2D eigenvalue weighted by atomic mass is 10.0. The van der Waals surface area contributed by atoms with Crippen LogP contribution in [0.5, 0.6) is 0 Å². The van der Waals surface area contributed by atoms with Crippen molar-refractivity contribution >= 4 is 62.3 Å². The van der Waals surface area contributed by atoms with E-state index in [0.29, 0.717) is 27.6 Å². The summed E-state index contributed by atoms with van der Waals surface area (Å²) in [5.41, 5.74) is -0.590. The lowest BCUT2D eigenvalue weighted by molar-refractivity contribution is -0.139. The molecule has 0 saturated heterocycles. The predicted molar refractivity (Wildman–Crippen MR) is 172 cm³/mol. The van der Waals surface area contributed by atoms with Gasteiger partial charge in [0, 0.05) is 20.0 Å². The zero-order chi connectivity index (χ0) is 33.6. The molecule has 242 valence electrons. The minimum absolute atomic E-state index is 0.0311. The third-order valence-electron chi connectivity index (χ3n) is 7.01. The Morgan fingerprint density at radius 3 is 2.00 bits per heavy atom.